The van der Waals surface area contributed by atoms with Gasteiger partial charge in [0.05, 0.1) is 4.83 Å². The summed E-state index contributed by atoms with van der Waals surface area (Å²) in [4.78, 5) is 2.91. The average molecular weight is 439 g/mol. The van der Waals surface area contributed by atoms with Crippen molar-refractivity contribution in [3.63, 3.8) is 0 Å². The Hall–Kier alpha value is 0.360. The monoisotopic (exact) mass is 436 g/mol. The molecular formula is C13H11Br3S. The van der Waals surface area contributed by atoms with Crippen molar-refractivity contribution in [2.45, 2.75) is 18.7 Å². The van der Waals surface area contributed by atoms with Crippen LogP contribution in [-0.4, -0.2) is 0 Å². The van der Waals surface area contributed by atoms with E-state index in [1.807, 2.05) is 11.3 Å². The predicted molar refractivity (Wildman–Crippen MR) is 86.4 cm³/mol. The summed E-state index contributed by atoms with van der Waals surface area (Å²) in [6.45, 7) is 4.23. The first-order chi connectivity index (χ1) is 7.99. The zero-order valence-corrected chi connectivity index (χ0v) is 15.0. The summed E-state index contributed by atoms with van der Waals surface area (Å²) >= 11 is 12.8. The van der Waals surface area contributed by atoms with Crippen molar-refractivity contribution in [3.8, 4) is 0 Å². The molecule has 2 aromatic rings. The van der Waals surface area contributed by atoms with Crippen LogP contribution < -0.4 is 0 Å². The van der Waals surface area contributed by atoms with Crippen LogP contribution in [0.5, 0.6) is 0 Å². The van der Waals surface area contributed by atoms with Gasteiger partial charge in [0.15, 0.2) is 0 Å². The molecule has 90 valence electrons. The highest BCUT2D eigenvalue weighted by Crippen LogP contribution is 2.40. The molecule has 1 aromatic heterocycles. The number of benzene rings is 1. The standard InChI is InChI=1S/C13H11Br3S/c1-7-5-11(15)9(6-10(7)14)13(16)12-4-3-8(2)17-12/h3-6,13H,1-2H3. The number of aryl methyl sites for hydroxylation is 2. The number of rotatable bonds is 2. The smallest absolute Gasteiger partial charge is 0.0749 e. The third-order valence-corrected chi connectivity index (χ3v) is 6.46. The molecule has 1 heterocycles. The molecule has 2 rings (SSSR count). The van der Waals surface area contributed by atoms with Crippen LogP contribution in [0, 0.1) is 13.8 Å². The molecule has 0 N–H and O–H groups in total. The normalized spacial score (nSPS) is 12.8. The lowest BCUT2D eigenvalue weighted by atomic mass is 10.1. The molecule has 0 aliphatic heterocycles. The third-order valence-electron chi connectivity index (χ3n) is 2.56. The van der Waals surface area contributed by atoms with Crippen molar-refractivity contribution in [2.24, 2.45) is 0 Å². The minimum atomic E-state index is 0.243. The third kappa shape index (κ3) is 3.03. The maximum absolute atomic E-state index is 3.78. The quantitative estimate of drug-likeness (QED) is 0.477. The van der Waals surface area contributed by atoms with Gasteiger partial charge in [-0.05, 0) is 49.2 Å². The Morgan fingerprint density at radius 3 is 2.35 bits per heavy atom. The highest BCUT2D eigenvalue weighted by molar-refractivity contribution is 9.11. The Morgan fingerprint density at radius 1 is 1.06 bits per heavy atom. The average Bonchev–Trinajstić information content (AvgIpc) is 2.69. The molecular weight excluding hydrogens is 428 g/mol. The van der Waals surface area contributed by atoms with Crippen LogP contribution in [0.4, 0.5) is 0 Å². The molecule has 0 spiro atoms. The first-order valence-corrected chi connectivity index (χ1v) is 8.47. The van der Waals surface area contributed by atoms with Crippen molar-refractivity contribution >= 4 is 59.1 Å². The Morgan fingerprint density at radius 2 is 1.76 bits per heavy atom. The summed E-state index contributed by atoms with van der Waals surface area (Å²) < 4.78 is 2.29. The number of thiophene rings is 1. The van der Waals surface area contributed by atoms with Crippen molar-refractivity contribution in [3.05, 3.63) is 54.1 Å². The summed E-state index contributed by atoms with van der Waals surface area (Å²) in [6.07, 6.45) is 0. The van der Waals surface area contributed by atoms with Gasteiger partial charge in [0.2, 0.25) is 0 Å². The largest absolute Gasteiger partial charge is 0.144 e. The minimum absolute atomic E-state index is 0.243. The number of hydrogen-bond donors (Lipinski definition) is 0. The second kappa shape index (κ2) is 5.55. The fourth-order valence-corrected chi connectivity index (χ4v) is 4.64. The second-order valence-electron chi connectivity index (χ2n) is 3.93. The van der Waals surface area contributed by atoms with Crippen LogP contribution in [0.25, 0.3) is 0 Å². The van der Waals surface area contributed by atoms with E-state index in [0.29, 0.717) is 0 Å². The van der Waals surface area contributed by atoms with Gasteiger partial charge in [0, 0.05) is 18.7 Å². The molecule has 0 fully saturated rings. The zero-order valence-electron chi connectivity index (χ0n) is 9.43. The van der Waals surface area contributed by atoms with Crippen LogP contribution >= 0.6 is 59.1 Å². The molecule has 1 unspecified atom stereocenters. The first-order valence-electron chi connectivity index (χ1n) is 5.15. The molecule has 0 radical (unpaired) electrons. The van der Waals surface area contributed by atoms with E-state index in [4.69, 9.17) is 0 Å². The van der Waals surface area contributed by atoms with Crippen molar-refractivity contribution in [1.82, 2.24) is 0 Å². The molecule has 0 saturated carbocycles. The highest BCUT2D eigenvalue weighted by Gasteiger charge is 2.16. The van der Waals surface area contributed by atoms with E-state index < -0.39 is 0 Å². The fraction of sp³-hybridized carbons (Fsp3) is 0.231. The lowest BCUT2D eigenvalue weighted by Crippen LogP contribution is -1.92. The zero-order chi connectivity index (χ0) is 12.6. The Bertz CT molecular complexity index is 546. The van der Waals surface area contributed by atoms with Gasteiger partial charge >= 0.3 is 0 Å². The molecule has 0 bridgehead atoms. The van der Waals surface area contributed by atoms with Crippen LogP contribution in [0.3, 0.4) is 0 Å². The maximum Gasteiger partial charge on any atom is 0.0749 e. The van der Waals surface area contributed by atoms with Crippen LogP contribution in [-0.2, 0) is 0 Å². The van der Waals surface area contributed by atoms with E-state index in [-0.39, 0.29) is 4.83 Å². The minimum Gasteiger partial charge on any atom is -0.144 e. The van der Waals surface area contributed by atoms with E-state index >= 15 is 0 Å². The number of halogens is 3. The highest BCUT2D eigenvalue weighted by atomic mass is 79.9. The van der Waals surface area contributed by atoms with Gasteiger partial charge in [-0.3, -0.25) is 0 Å². The molecule has 17 heavy (non-hydrogen) atoms. The lowest BCUT2D eigenvalue weighted by molar-refractivity contribution is 1.19. The lowest BCUT2D eigenvalue weighted by Gasteiger charge is -2.12. The molecule has 0 amide bonds. The van der Waals surface area contributed by atoms with Gasteiger partial charge in [-0.2, -0.15) is 0 Å². The molecule has 0 saturated heterocycles. The molecule has 0 nitrogen and oxygen atoms in total. The van der Waals surface area contributed by atoms with E-state index in [1.165, 1.54) is 20.9 Å². The number of hydrogen-bond acceptors (Lipinski definition) is 1. The van der Waals surface area contributed by atoms with Gasteiger partial charge in [0.25, 0.3) is 0 Å². The topological polar surface area (TPSA) is 0 Å². The van der Waals surface area contributed by atoms with E-state index in [0.717, 1.165) is 8.95 Å². The van der Waals surface area contributed by atoms with Crippen LogP contribution in [0.15, 0.2) is 33.2 Å². The van der Waals surface area contributed by atoms with Gasteiger partial charge in [-0.25, -0.2) is 0 Å². The molecule has 4 heteroatoms. The summed E-state index contributed by atoms with van der Waals surface area (Å²) in [7, 11) is 0. The van der Waals surface area contributed by atoms with Gasteiger partial charge in [-0.15, -0.1) is 11.3 Å². The predicted octanol–water partition coefficient (Wildman–Crippen LogP) is 6.37. The van der Waals surface area contributed by atoms with E-state index in [9.17, 15) is 0 Å². The summed E-state index contributed by atoms with van der Waals surface area (Å²) in [5.74, 6) is 0. The Balaban J connectivity index is 2.43. The summed E-state index contributed by atoms with van der Waals surface area (Å²) in [5, 5.41) is 0. The molecule has 1 aromatic carbocycles. The second-order valence-corrected chi connectivity index (χ2v) is 7.88. The molecule has 0 aliphatic rings. The van der Waals surface area contributed by atoms with Crippen LogP contribution in [0.1, 0.15) is 25.7 Å². The Kier molecular flexibility index (Phi) is 4.50. The van der Waals surface area contributed by atoms with Crippen molar-refractivity contribution < 1.29 is 0 Å². The molecule has 0 aliphatic carbocycles. The van der Waals surface area contributed by atoms with Crippen molar-refractivity contribution in [1.29, 1.82) is 0 Å². The van der Waals surface area contributed by atoms with E-state index in [2.05, 4.69) is 85.9 Å². The van der Waals surface area contributed by atoms with Crippen LogP contribution in [0.2, 0.25) is 0 Å². The van der Waals surface area contributed by atoms with Gasteiger partial charge in [-0.1, -0.05) is 47.8 Å². The van der Waals surface area contributed by atoms with Gasteiger partial charge in [0.1, 0.15) is 0 Å². The Labute approximate surface area is 131 Å². The van der Waals surface area contributed by atoms with E-state index in [1.54, 1.807) is 0 Å². The maximum atomic E-state index is 3.78. The fourth-order valence-electron chi connectivity index (χ4n) is 1.60. The first kappa shape index (κ1) is 13.8. The SMILES string of the molecule is Cc1ccc(C(Br)c2cc(Br)c(C)cc2Br)s1. The van der Waals surface area contributed by atoms with Crippen molar-refractivity contribution in [2.75, 3.05) is 0 Å². The molecule has 1 atom stereocenters. The summed E-state index contributed by atoms with van der Waals surface area (Å²) in [5.41, 5.74) is 2.49. The summed E-state index contributed by atoms with van der Waals surface area (Å²) in [6, 6.07) is 8.66. The number of alkyl halides is 1. The van der Waals surface area contributed by atoms with Gasteiger partial charge < -0.3 is 0 Å².